The van der Waals surface area contributed by atoms with Gasteiger partial charge in [0.05, 0.1) is 6.61 Å². The predicted octanol–water partition coefficient (Wildman–Crippen LogP) is 1.90. The zero-order valence-corrected chi connectivity index (χ0v) is 12.2. The van der Waals surface area contributed by atoms with Crippen molar-refractivity contribution in [1.29, 1.82) is 0 Å². The summed E-state index contributed by atoms with van der Waals surface area (Å²) in [5, 5.41) is 11.6. The molecule has 1 aliphatic rings. The molecule has 20 heavy (non-hydrogen) atoms. The van der Waals surface area contributed by atoms with E-state index in [1.54, 1.807) is 12.1 Å². The number of aliphatic hydroxyl groups is 1. The molecular weight excluding hydrogens is 270 g/mol. The van der Waals surface area contributed by atoms with Gasteiger partial charge in [-0.25, -0.2) is 0 Å². The van der Waals surface area contributed by atoms with Gasteiger partial charge >= 0.3 is 0 Å². The van der Waals surface area contributed by atoms with Gasteiger partial charge in [-0.05, 0) is 48.1 Å². The van der Waals surface area contributed by atoms with Crippen LogP contribution >= 0.6 is 11.8 Å². The standard InChI is InChI=1S/C16H19NO2S/c18-9-2-1-3-13-4-6-15(7-5-13)16(19)17-11-14-8-10-20-12-14/h4-7,14,18H,2,8-12H2,(H,17,19). The number of thioether (sulfide) groups is 1. The smallest absolute Gasteiger partial charge is 0.251 e. The highest BCUT2D eigenvalue weighted by Crippen LogP contribution is 2.22. The Hall–Kier alpha value is -1.44. The Morgan fingerprint density at radius 3 is 2.85 bits per heavy atom. The van der Waals surface area contributed by atoms with E-state index in [2.05, 4.69) is 17.2 Å². The van der Waals surface area contributed by atoms with Crippen molar-refractivity contribution in [2.75, 3.05) is 24.7 Å². The van der Waals surface area contributed by atoms with Gasteiger partial charge < -0.3 is 10.4 Å². The van der Waals surface area contributed by atoms with Gasteiger partial charge in [-0.15, -0.1) is 0 Å². The summed E-state index contributed by atoms with van der Waals surface area (Å²) >= 11 is 1.96. The highest BCUT2D eigenvalue weighted by molar-refractivity contribution is 7.99. The Morgan fingerprint density at radius 1 is 1.40 bits per heavy atom. The predicted molar refractivity (Wildman–Crippen MR) is 82.8 cm³/mol. The minimum Gasteiger partial charge on any atom is -0.395 e. The number of aliphatic hydroxyl groups excluding tert-OH is 1. The topological polar surface area (TPSA) is 49.3 Å². The number of carbonyl (C=O) groups is 1. The second kappa shape index (κ2) is 7.98. The molecule has 0 aliphatic carbocycles. The Labute approximate surface area is 124 Å². The van der Waals surface area contributed by atoms with E-state index >= 15 is 0 Å². The van der Waals surface area contributed by atoms with Gasteiger partial charge in [0.25, 0.3) is 5.91 Å². The third-order valence-corrected chi connectivity index (χ3v) is 4.42. The number of benzene rings is 1. The van der Waals surface area contributed by atoms with E-state index in [-0.39, 0.29) is 12.5 Å². The van der Waals surface area contributed by atoms with E-state index in [4.69, 9.17) is 5.11 Å². The number of nitrogens with one attached hydrogen (secondary N) is 1. The molecule has 0 aromatic heterocycles. The average molecular weight is 289 g/mol. The number of amides is 1. The number of carbonyl (C=O) groups excluding carboxylic acids is 1. The molecule has 3 nitrogen and oxygen atoms in total. The maximum Gasteiger partial charge on any atom is 0.251 e. The molecule has 1 saturated heterocycles. The van der Waals surface area contributed by atoms with Gasteiger partial charge in [-0.2, -0.15) is 11.8 Å². The third kappa shape index (κ3) is 4.59. The van der Waals surface area contributed by atoms with Crippen molar-refractivity contribution in [3.63, 3.8) is 0 Å². The van der Waals surface area contributed by atoms with Crippen LogP contribution < -0.4 is 5.32 Å². The highest BCUT2D eigenvalue weighted by atomic mass is 32.2. The van der Waals surface area contributed by atoms with E-state index in [9.17, 15) is 4.79 Å². The first kappa shape index (κ1) is 15.0. The van der Waals surface area contributed by atoms with Crippen molar-refractivity contribution in [2.45, 2.75) is 12.8 Å². The molecule has 106 valence electrons. The summed E-state index contributed by atoms with van der Waals surface area (Å²) in [6, 6.07) is 7.26. The fourth-order valence-corrected chi connectivity index (χ4v) is 3.29. The molecule has 0 radical (unpaired) electrons. The van der Waals surface area contributed by atoms with Crippen LogP contribution in [-0.2, 0) is 0 Å². The molecule has 1 aliphatic heterocycles. The summed E-state index contributed by atoms with van der Waals surface area (Å²) < 4.78 is 0. The van der Waals surface area contributed by atoms with Gasteiger partial charge in [0.1, 0.15) is 0 Å². The van der Waals surface area contributed by atoms with Gasteiger partial charge in [-0.1, -0.05) is 11.8 Å². The van der Waals surface area contributed by atoms with Gasteiger partial charge in [0.2, 0.25) is 0 Å². The normalized spacial score (nSPS) is 17.4. The largest absolute Gasteiger partial charge is 0.395 e. The third-order valence-electron chi connectivity index (χ3n) is 3.19. The fourth-order valence-electron chi connectivity index (χ4n) is 2.01. The molecule has 4 heteroatoms. The van der Waals surface area contributed by atoms with Gasteiger partial charge in [-0.3, -0.25) is 4.79 Å². The minimum absolute atomic E-state index is 0.0169. The maximum absolute atomic E-state index is 12.0. The molecule has 1 aromatic carbocycles. The van der Waals surface area contributed by atoms with Crippen LogP contribution in [0.5, 0.6) is 0 Å². The van der Waals surface area contributed by atoms with Gasteiger partial charge in [0.15, 0.2) is 0 Å². The van der Waals surface area contributed by atoms with E-state index < -0.39 is 0 Å². The molecule has 1 aromatic rings. The number of hydrogen-bond acceptors (Lipinski definition) is 3. The molecule has 1 atom stereocenters. The van der Waals surface area contributed by atoms with Crippen LogP contribution in [0, 0.1) is 17.8 Å². The van der Waals surface area contributed by atoms with Crippen molar-refractivity contribution in [1.82, 2.24) is 5.32 Å². The molecule has 1 amide bonds. The quantitative estimate of drug-likeness (QED) is 0.832. The number of rotatable bonds is 4. The first-order chi connectivity index (χ1) is 9.79. The molecule has 2 N–H and O–H groups in total. The molecule has 1 unspecified atom stereocenters. The van der Waals surface area contributed by atoms with E-state index in [1.807, 2.05) is 23.9 Å². The Kier molecular flexibility index (Phi) is 5.97. The summed E-state index contributed by atoms with van der Waals surface area (Å²) in [5.41, 5.74) is 1.53. The Bertz CT molecular complexity index is 495. The molecular formula is C16H19NO2S. The lowest BCUT2D eigenvalue weighted by Crippen LogP contribution is -2.29. The van der Waals surface area contributed by atoms with Crippen LogP contribution in [0.4, 0.5) is 0 Å². The zero-order chi connectivity index (χ0) is 14.2. The van der Waals surface area contributed by atoms with Crippen molar-refractivity contribution in [3.8, 4) is 11.8 Å². The molecule has 0 bridgehead atoms. The molecule has 0 spiro atoms. The lowest BCUT2D eigenvalue weighted by Gasteiger charge is -2.09. The molecule has 2 rings (SSSR count). The van der Waals surface area contributed by atoms with Crippen LogP contribution in [0.15, 0.2) is 24.3 Å². The summed E-state index contributed by atoms with van der Waals surface area (Å²) in [6.45, 7) is 0.844. The summed E-state index contributed by atoms with van der Waals surface area (Å²) in [7, 11) is 0. The highest BCUT2D eigenvalue weighted by Gasteiger charge is 2.16. The second-order valence-electron chi connectivity index (χ2n) is 4.79. The monoisotopic (exact) mass is 289 g/mol. The lowest BCUT2D eigenvalue weighted by atomic mass is 10.1. The second-order valence-corrected chi connectivity index (χ2v) is 5.94. The van der Waals surface area contributed by atoms with E-state index in [0.29, 0.717) is 17.9 Å². The molecule has 0 saturated carbocycles. The number of hydrogen-bond donors (Lipinski definition) is 2. The van der Waals surface area contributed by atoms with Gasteiger partial charge in [0, 0.05) is 24.1 Å². The molecule has 1 heterocycles. The minimum atomic E-state index is -0.0169. The van der Waals surface area contributed by atoms with Crippen molar-refractivity contribution in [3.05, 3.63) is 35.4 Å². The van der Waals surface area contributed by atoms with E-state index in [1.165, 1.54) is 12.2 Å². The molecule has 1 fully saturated rings. The summed E-state index contributed by atoms with van der Waals surface area (Å²) in [4.78, 5) is 12.0. The van der Waals surface area contributed by atoms with Crippen LogP contribution in [0.25, 0.3) is 0 Å². The summed E-state index contributed by atoms with van der Waals surface area (Å²) in [6.07, 6.45) is 1.67. The first-order valence-electron chi connectivity index (χ1n) is 6.85. The van der Waals surface area contributed by atoms with Crippen molar-refractivity contribution < 1.29 is 9.90 Å². The van der Waals surface area contributed by atoms with Crippen molar-refractivity contribution in [2.24, 2.45) is 5.92 Å². The summed E-state index contributed by atoms with van der Waals surface area (Å²) in [5.74, 6) is 8.77. The Balaban J connectivity index is 1.85. The van der Waals surface area contributed by atoms with Crippen LogP contribution in [0.3, 0.4) is 0 Å². The Morgan fingerprint density at radius 2 is 2.20 bits per heavy atom. The zero-order valence-electron chi connectivity index (χ0n) is 11.4. The average Bonchev–Trinajstić information content (AvgIpc) is 2.99. The first-order valence-corrected chi connectivity index (χ1v) is 8.01. The van der Waals surface area contributed by atoms with Crippen LogP contribution in [0.2, 0.25) is 0 Å². The lowest BCUT2D eigenvalue weighted by molar-refractivity contribution is 0.0948. The van der Waals surface area contributed by atoms with Crippen LogP contribution in [0.1, 0.15) is 28.8 Å². The maximum atomic E-state index is 12.0. The van der Waals surface area contributed by atoms with Crippen molar-refractivity contribution >= 4 is 17.7 Å². The fraction of sp³-hybridized carbons (Fsp3) is 0.438. The SMILES string of the molecule is O=C(NCC1CCSC1)c1ccc(C#CCCO)cc1. The van der Waals surface area contributed by atoms with E-state index in [0.717, 1.165) is 17.9 Å². The van der Waals surface area contributed by atoms with Crippen LogP contribution in [-0.4, -0.2) is 35.7 Å².